The average molecular weight is 365 g/mol. The van der Waals surface area contributed by atoms with Gasteiger partial charge in [0, 0.05) is 12.1 Å². The Morgan fingerprint density at radius 2 is 1.74 bits per heavy atom. The Morgan fingerprint density at radius 1 is 1.00 bits per heavy atom. The molecule has 27 heavy (non-hydrogen) atoms. The molecule has 5 heteroatoms. The molecule has 0 heterocycles. The molecule has 2 N–H and O–H groups in total. The lowest BCUT2D eigenvalue weighted by molar-refractivity contribution is 0.0942. The fourth-order valence-corrected chi connectivity index (χ4v) is 3.10. The number of methoxy groups -OCH3 is 2. The fourth-order valence-electron chi connectivity index (χ4n) is 3.10. The lowest BCUT2D eigenvalue weighted by Crippen LogP contribution is -2.25. The van der Waals surface area contributed by atoms with Crippen molar-refractivity contribution in [2.75, 3.05) is 20.8 Å². The van der Waals surface area contributed by atoms with Crippen molar-refractivity contribution in [1.82, 2.24) is 5.32 Å². The van der Waals surface area contributed by atoms with E-state index in [1.165, 1.54) is 7.11 Å². The summed E-state index contributed by atoms with van der Waals surface area (Å²) in [6.07, 6.45) is -0.227. The van der Waals surface area contributed by atoms with Crippen molar-refractivity contribution in [1.29, 1.82) is 0 Å². The van der Waals surface area contributed by atoms with Gasteiger partial charge in [-0.2, -0.15) is 0 Å². The van der Waals surface area contributed by atoms with E-state index in [-0.39, 0.29) is 5.91 Å². The number of carbonyl (C=O) groups excluding carboxylic acids is 1. The maximum atomic E-state index is 12.4. The van der Waals surface area contributed by atoms with Crippen molar-refractivity contribution in [2.24, 2.45) is 0 Å². The van der Waals surface area contributed by atoms with E-state index in [0.29, 0.717) is 30.0 Å². The van der Waals surface area contributed by atoms with Crippen molar-refractivity contribution in [3.63, 3.8) is 0 Å². The van der Waals surface area contributed by atoms with Gasteiger partial charge in [-0.15, -0.1) is 0 Å². The van der Waals surface area contributed by atoms with E-state index in [1.807, 2.05) is 42.5 Å². The van der Waals surface area contributed by atoms with Gasteiger partial charge < -0.3 is 19.9 Å². The van der Waals surface area contributed by atoms with Crippen molar-refractivity contribution in [3.05, 3.63) is 71.8 Å². The first-order valence-corrected chi connectivity index (χ1v) is 8.80. The number of fused-ring (bicyclic) bond motifs is 1. The van der Waals surface area contributed by atoms with Gasteiger partial charge in [0.15, 0.2) is 11.5 Å². The van der Waals surface area contributed by atoms with Crippen LogP contribution in [0.25, 0.3) is 10.8 Å². The standard InChI is InChI=1S/C22H23NO4/c1-26-20-11-10-16(14-21(20)27-2)22(25)23-13-12-19(24)18-9-5-7-15-6-3-4-8-17(15)18/h3-11,14,19,24H,12-13H2,1-2H3,(H,23,25). The average Bonchev–Trinajstić information content (AvgIpc) is 2.72. The zero-order valence-corrected chi connectivity index (χ0v) is 15.4. The van der Waals surface area contributed by atoms with Gasteiger partial charge in [-0.3, -0.25) is 4.79 Å². The predicted octanol–water partition coefficient (Wildman–Crippen LogP) is 3.71. The van der Waals surface area contributed by atoms with Gasteiger partial charge in [0.05, 0.1) is 20.3 Å². The molecule has 0 aromatic heterocycles. The van der Waals surface area contributed by atoms with Gasteiger partial charge >= 0.3 is 0 Å². The molecule has 0 bridgehead atoms. The van der Waals surface area contributed by atoms with Crippen molar-refractivity contribution in [3.8, 4) is 11.5 Å². The smallest absolute Gasteiger partial charge is 0.251 e. The molecule has 5 nitrogen and oxygen atoms in total. The minimum absolute atomic E-state index is 0.221. The molecule has 0 aliphatic carbocycles. The minimum atomic E-state index is -0.651. The highest BCUT2D eigenvalue weighted by Crippen LogP contribution is 2.28. The summed E-state index contributed by atoms with van der Waals surface area (Å²) in [6.45, 7) is 0.359. The van der Waals surface area contributed by atoms with Crippen molar-refractivity contribution < 1.29 is 19.4 Å². The van der Waals surface area contributed by atoms with Crippen LogP contribution < -0.4 is 14.8 Å². The number of amides is 1. The summed E-state index contributed by atoms with van der Waals surface area (Å²) in [7, 11) is 3.08. The number of aliphatic hydroxyl groups excluding tert-OH is 1. The normalized spacial score (nSPS) is 11.8. The molecule has 0 radical (unpaired) electrons. The Bertz CT molecular complexity index is 933. The molecule has 0 saturated heterocycles. The van der Waals surface area contributed by atoms with Crippen LogP contribution in [-0.4, -0.2) is 31.8 Å². The highest BCUT2D eigenvalue weighted by Gasteiger charge is 2.13. The molecule has 1 atom stereocenters. The summed E-state index contributed by atoms with van der Waals surface area (Å²) < 4.78 is 10.4. The van der Waals surface area contributed by atoms with Crippen LogP contribution in [0.5, 0.6) is 11.5 Å². The Morgan fingerprint density at radius 3 is 2.52 bits per heavy atom. The fraction of sp³-hybridized carbons (Fsp3) is 0.227. The summed E-state index contributed by atoms with van der Waals surface area (Å²) in [4.78, 5) is 12.4. The van der Waals surface area contributed by atoms with Crippen LogP contribution in [-0.2, 0) is 0 Å². The van der Waals surface area contributed by atoms with Crippen LogP contribution in [0.1, 0.15) is 28.4 Å². The van der Waals surface area contributed by atoms with Crippen LogP contribution >= 0.6 is 0 Å². The minimum Gasteiger partial charge on any atom is -0.493 e. The monoisotopic (exact) mass is 365 g/mol. The van der Waals surface area contributed by atoms with Gasteiger partial charge in [-0.05, 0) is 41.0 Å². The van der Waals surface area contributed by atoms with Crippen LogP contribution in [0.2, 0.25) is 0 Å². The van der Waals surface area contributed by atoms with Crippen LogP contribution in [0.4, 0.5) is 0 Å². The molecular formula is C22H23NO4. The molecule has 1 amide bonds. The number of aliphatic hydroxyl groups is 1. The lowest BCUT2D eigenvalue weighted by Gasteiger charge is -2.15. The second-order valence-corrected chi connectivity index (χ2v) is 6.20. The number of carbonyl (C=O) groups is 1. The third-order valence-corrected chi connectivity index (χ3v) is 4.53. The number of hydrogen-bond acceptors (Lipinski definition) is 4. The molecule has 1 unspecified atom stereocenters. The Kier molecular flexibility index (Phi) is 5.94. The third kappa shape index (κ3) is 4.20. The molecule has 0 saturated carbocycles. The van der Waals surface area contributed by atoms with Crippen molar-refractivity contribution in [2.45, 2.75) is 12.5 Å². The van der Waals surface area contributed by atoms with E-state index in [0.717, 1.165) is 16.3 Å². The maximum absolute atomic E-state index is 12.4. The predicted molar refractivity (Wildman–Crippen MR) is 105 cm³/mol. The van der Waals surface area contributed by atoms with E-state index < -0.39 is 6.10 Å². The zero-order chi connectivity index (χ0) is 19.2. The molecule has 0 aliphatic rings. The summed E-state index contributed by atoms with van der Waals surface area (Å²) in [5.74, 6) is 0.849. The second-order valence-electron chi connectivity index (χ2n) is 6.20. The molecule has 0 fully saturated rings. The van der Waals surface area contributed by atoms with Gasteiger partial charge in [0.25, 0.3) is 5.91 Å². The number of ether oxygens (including phenoxy) is 2. The largest absolute Gasteiger partial charge is 0.493 e. The van der Waals surface area contributed by atoms with Crippen LogP contribution in [0.15, 0.2) is 60.7 Å². The number of hydrogen-bond donors (Lipinski definition) is 2. The summed E-state index contributed by atoms with van der Waals surface area (Å²) in [6, 6.07) is 18.8. The number of nitrogens with one attached hydrogen (secondary N) is 1. The molecule has 3 aromatic carbocycles. The zero-order valence-electron chi connectivity index (χ0n) is 15.4. The van der Waals surface area contributed by atoms with Gasteiger partial charge in [0.2, 0.25) is 0 Å². The van der Waals surface area contributed by atoms with Gasteiger partial charge in [-0.25, -0.2) is 0 Å². The Hall–Kier alpha value is -3.05. The van der Waals surface area contributed by atoms with E-state index in [4.69, 9.17) is 9.47 Å². The first-order valence-electron chi connectivity index (χ1n) is 8.80. The highest BCUT2D eigenvalue weighted by atomic mass is 16.5. The van der Waals surface area contributed by atoms with Gasteiger partial charge in [-0.1, -0.05) is 42.5 Å². The lowest BCUT2D eigenvalue weighted by atomic mass is 9.99. The molecule has 0 spiro atoms. The molecular weight excluding hydrogens is 342 g/mol. The summed E-state index contributed by atoms with van der Waals surface area (Å²) >= 11 is 0. The van der Waals surface area contributed by atoms with Crippen molar-refractivity contribution >= 4 is 16.7 Å². The molecule has 140 valence electrons. The highest BCUT2D eigenvalue weighted by molar-refractivity contribution is 5.94. The molecule has 3 aromatic rings. The third-order valence-electron chi connectivity index (χ3n) is 4.53. The second kappa shape index (κ2) is 8.56. The Labute approximate surface area is 158 Å². The topological polar surface area (TPSA) is 67.8 Å². The van der Waals surface area contributed by atoms with Crippen LogP contribution in [0, 0.1) is 0 Å². The van der Waals surface area contributed by atoms with E-state index >= 15 is 0 Å². The van der Waals surface area contributed by atoms with Gasteiger partial charge in [0.1, 0.15) is 0 Å². The van der Waals surface area contributed by atoms with Crippen LogP contribution in [0.3, 0.4) is 0 Å². The van der Waals surface area contributed by atoms with E-state index in [1.54, 1.807) is 25.3 Å². The maximum Gasteiger partial charge on any atom is 0.251 e. The first-order chi connectivity index (χ1) is 13.1. The molecule has 0 aliphatic heterocycles. The molecule has 3 rings (SSSR count). The Balaban J connectivity index is 1.63. The van der Waals surface area contributed by atoms with E-state index in [2.05, 4.69) is 5.32 Å². The number of rotatable bonds is 7. The summed E-state index contributed by atoms with van der Waals surface area (Å²) in [5, 5.41) is 15.5. The SMILES string of the molecule is COc1ccc(C(=O)NCCC(O)c2cccc3ccccc23)cc1OC. The van der Waals surface area contributed by atoms with E-state index in [9.17, 15) is 9.90 Å². The number of benzene rings is 3. The summed E-state index contributed by atoms with van der Waals surface area (Å²) in [5.41, 5.74) is 1.35. The first kappa shape index (κ1) is 18.7. The quantitative estimate of drug-likeness (QED) is 0.670.